The topological polar surface area (TPSA) is 674 Å². The number of carboxylic acids is 7. The Morgan fingerprint density at radius 3 is 0.387 bits per heavy atom. The van der Waals surface area contributed by atoms with Gasteiger partial charge in [-0.25, -0.2) is 0 Å². The number of hydrogen-bond acceptors (Lipinski definition) is 42. The zero-order valence-corrected chi connectivity index (χ0v) is 70.0. The molecule has 0 saturated carbocycles. The van der Waals surface area contributed by atoms with Gasteiger partial charge in [-0.2, -0.15) is 82.3 Å². The van der Waals surface area contributed by atoms with Gasteiger partial charge >= 0.3 is 41.8 Å². The number of aliphatic hydroxyl groups excluding tert-OH is 14. The second-order valence-electron chi connectivity index (χ2n) is 29.4. The van der Waals surface area contributed by atoms with Crippen molar-refractivity contribution < 1.29 is 207 Å². The zero-order chi connectivity index (χ0) is 86.9. The van der Waals surface area contributed by atoms with Gasteiger partial charge in [0.2, 0.25) is 0 Å². The summed E-state index contributed by atoms with van der Waals surface area (Å²) in [6.07, 6.45) is -69.5. The van der Waals surface area contributed by atoms with E-state index in [2.05, 4.69) is 0 Å². The molecule has 21 saturated heterocycles. The lowest BCUT2D eigenvalue weighted by molar-refractivity contribution is -0.389. The van der Waals surface area contributed by atoms with E-state index in [0.29, 0.717) is 0 Å². The number of thioether (sulfide) groups is 7. The molecule has 21 N–H and O–H groups in total. The molecule has 21 fully saturated rings. The van der Waals surface area contributed by atoms with Gasteiger partial charge in [0, 0.05) is 85.2 Å². The van der Waals surface area contributed by atoms with E-state index < -0.39 is 257 Å². The standard InChI is InChI=1S/C70H112O42S7/c71-36(72)8-1-15-113-22-29-57-43(85)50(92)64(99-29)107-58-30(23-114-16-2-9-37(73)74)101-66(52(94)45(58)87)109-60-32(25-116-18-4-11-39(77)78)103-68(54(96)47(60)89)111-62-34(27-118-20-6-13-41(81)82)105-70(56(98)49(62)91)112-63-35(28-119-21-7-14-42(83)84)104-69(55(97)48(63)90)110-61-33(26-117-19-5-12-40(79)80)102-67(53(95)46(61)88)108-59-31(24-115-17-3-10-38(75)76)100-65(106-57)51(93)44(59)86/h29-35,43-70,85-98H,1-28H2,(H,71,72)(H,73,74)(H,75,76)(H,77,78)(H,79,80)(H,81,82)(H,83,84)/t29-,30-,31-,32-,33-,34-,35-,43-,44-,45-,46-,47-,48-,49-,50-,51-,52-,53-,54-,55-,56+,57-,58-,59-,60-,61-,62-,63-,64-,65-,66-,67-,68-,69-,70-/m0/s1. The van der Waals surface area contributed by atoms with Crippen molar-refractivity contribution in [1.82, 2.24) is 0 Å². The predicted molar refractivity (Wildman–Crippen MR) is 418 cm³/mol. The van der Waals surface area contributed by atoms with Gasteiger partial charge in [0.15, 0.2) is 44.0 Å². The molecule has 42 nitrogen and oxygen atoms in total. The van der Waals surface area contributed by atoms with Gasteiger partial charge in [-0.15, -0.1) is 0 Å². The number of carbonyl (C=O) groups is 7. The second kappa shape index (κ2) is 51.0. The van der Waals surface area contributed by atoms with Crippen LogP contribution in [0.1, 0.15) is 89.9 Å². The van der Waals surface area contributed by atoms with Crippen molar-refractivity contribution >= 4 is 124 Å². The highest BCUT2D eigenvalue weighted by molar-refractivity contribution is 8.00. The fourth-order valence-electron chi connectivity index (χ4n) is 14.0. The van der Waals surface area contributed by atoms with Crippen molar-refractivity contribution in [2.75, 3.05) is 80.5 Å². The third-order valence-electron chi connectivity index (χ3n) is 20.3. The summed E-state index contributed by atoms with van der Waals surface area (Å²) in [7, 11) is 0. The summed E-state index contributed by atoms with van der Waals surface area (Å²) in [6.45, 7) is 0. The molecule has 119 heavy (non-hydrogen) atoms. The summed E-state index contributed by atoms with van der Waals surface area (Å²) in [5.74, 6) is -8.74. The molecule has 0 radical (unpaired) electrons. The number of hydrogen-bond donors (Lipinski definition) is 21. The third-order valence-corrected chi connectivity index (χ3v) is 28.2. The van der Waals surface area contributed by atoms with Gasteiger partial charge in [0.05, 0.1) is 42.7 Å². The first-order chi connectivity index (χ1) is 56.6. The summed E-state index contributed by atoms with van der Waals surface area (Å²) in [6, 6.07) is 0. The Morgan fingerprint density at radius 1 is 0.176 bits per heavy atom. The van der Waals surface area contributed by atoms with E-state index in [4.69, 9.17) is 66.3 Å². The van der Waals surface area contributed by atoms with Gasteiger partial charge in [-0.05, 0) is 85.2 Å². The van der Waals surface area contributed by atoms with E-state index in [0.717, 1.165) is 82.3 Å². The highest BCUT2D eigenvalue weighted by Gasteiger charge is 2.60. The van der Waals surface area contributed by atoms with Crippen LogP contribution in [0.2, 0.25) is 0 Å². The van der Waals surface area contributed by atoms with Crippen LogP contribution in [0.25, 0.3) is 0 Å². The van der Waals surface area contributed by atoms with Crippen molar-refractivity contribution in [2.24, 2.45) is 0 Å². The highest BCUT2D eigenvalue weighted by Crippen LogP contribution is 2.42. The maximum Gasteiger partial charge on any atom is 0.303 e. The number of aliphatic hydroxyl groups is 14. The number of carboxylic acid groups (broad SMARTS) is 7. The maximum absolute atomic E-state index is 12.3. The molecule has 0 unspecified atom stereocenters. The maximum atomic E-state index is 12.3. The van der Waals surface area contributed by atoms with Crippen molar-refractivity contribution in [1.29, 1.82) is 0 Å². The Bertz CT molecular complexity index is 2550. The lowest BCUT2D eigenvalue weighted by Gasteiger charge is -2.50. The van der Waals surface area contributed by atoms with Crippen LogP contribution in [0.3, 0.4) is 0 Å². The Kier molecular flexibility index (Phi) is 43.7. The van der Waals surface area contributed by atoms with Gasteiger partial charge in [0.1, 0.15) is 128 Å². The van der Waals surface area contributed by atoms with Crippen LogP contribution in [0.4, 0.5) is 0 Å². The van der Waals surface area contributed by atoms with Crippen LogP contribution in [-0.4, -0.2) is 445 Å². The molecule has 21 rings (SSSR count). The van der Waals surface area contributed by atoms with Crippen LogP contribution >= 0.6 is 82.3 Å². The first-order valence-corrected chi connectivity index (χ1v) is 47.0. The normalized spacial score (nSPS) is 39.8. The van der Waals surface area contributed by atoms with Gasteiger partial charge in [-0.1, -0.05) is 0 Å². The monoisotopic (exact) mass is 1850 g/mol. The molecule has 35 atom stereocenters. The minimum absolute atomic E-state index is 0.0923. The van der Waals surface area contributed by atoms with E-state index in [9.17, 15) is 141 Å². The molecule has 14 bridgehead atoms. The molecule has 49 heteroatoms. The largest absolute Gasteiger partial charge is 0.481 e. The van der Waals surface area contributed by atoms with E-state index in [1.54, 1.807) is 0 Å². The smallest absolute Gasteiger partial charge is 0.303 e. The van der Waals surface area contributed by atoms with Crippen molar-refractivity contribution in [3.8, 4) is 0 Å². The summed E-state index contributed by atoms with van der Waals surface area (Å²) in [5, 5.41) is 238. The molecule has 0 aliphatic carbocycles. The average molecular weight is 1850 g/mol. The van der Waals surface area contributed by atoms with E-state index >= 15 is 0 Å². The highest BCUT2D eigenvalue weighted by atomic mass is 32.2. The van der Waals surface area contributed by atoms with E-state index in [-0.39, 0.29) is 170 Å². The lowest BCUT2D eigenvalue weighted by atomic mass is 9.95. The van der Waals surface area contributed by atoms with Crippen LogP contribution < -0.4 is 0 Å². The van der Waals surface area contributed by atoms with E-state index in [1.807, 2.05) is 0 Å². The molecular formula is C70H112O42S7. The molecule has 0 aromatic rings. The van der Waals surface area contributed by atoms with Crippen LogP contribution in [-0.2, 0) is 99.9 Å². The van der Waals surface area contributed by atoms with Gasteiger partial charge in [0.25, 0.3) is 0 Å². The molecule has 21 heterocycles. The van der Waals surface area contributed by atoms with Crippen LogP contribution in [0.15, 0.2) is 0 Å². The molecule has 0 spiro atoms. The fraction of sp³-hybridized carbons (Fsp3) is 0.900. The quantitative estimate of drug-likeness (QED) is 0.0259. The molecular weight excluding hydrogens is 1740 g/mol. The number of ether oxygens (including phenoxy) is 14. The van der Waals surface area contributed by atoms with Gasteiger partial charge in [-0.3, -0.25) is 33.6 Å². The van der Waals surface area contributed by atoms with E-state index in [1.165, 1.54) is 0 Å². The predicted octanol–water partition coefficient (Wildman–Crippen LogP) is -3.99. The first-order valence-electron chi connectivity index (χ1n) is 38.9. The summed E-state index contributed by atoms with van der Waals surface area (Å²) in [4.78, 5) is 81.2. The van der Waals surface area contributed by atoms with Crippen molar-refractivity contribution in [2.45, 2.75) is 305 Å². The molecule has 686 valence electrons. The minimum atomic E-state index is -2.23. The zero-order valence-electron chi connectivity index (χ0n) is 64.3. The van der Waals surface area contributed by atoms with Crippen LogP contribution in [0, 0.1) is 0 Å². The molecule has 0 aromatic heterocycles. The Hall–Kier alpha value is -2.38. The first kappa shape index (κ1) is 102. The van der Waals surface area contributed by atoms with Gasteiger partial charge < -0.3 is 174 Å². The second-order valence-corrected chi connectivity index (χ2v) is 37.4. The number of aliphatic carboxylic acids is 7. The SMILES string of the molecule is O=C(O)CCCSC[C@@H]1O[C@H]2O[C@@H]3[C@@H](O)[C@H](O)[C@H](O[C@@H]4[C@@H](O)[C@H](O)[C@H](O[C@@H]5[C@@H](O)[C@@H](O)[C@H](O[C@@H]6[C@@H](O)[C@H](O)[C@H](O[C@@H]7[C@@H](O)[C@H](O)[C@H](O[C@@H]8[C@@H](O)[C@H](O)[C@H](O[C@@H]1[C@@H](O)[C@@H]2O)O[C@H]8CSCCCC(=O)O)O[C@H]7CSCCCC(=O)O)O[C@H]6CSCCCC(=O)O)O[C@H]5CSCCCC(=O)O)O[C@H]4CSCCCC(=O)O)O[C@H]3CSCCCC(=O)O. The van der Waals surface area contributed by atoms with Crippen molar-refractivity contribution in [3.05, 3.63) is 0 Å². The summed E-state index contributed by atoms with van der Waals surface area (Å²) < 4.78 is 89.0. The summed E-state index contributed by atoms with van der Waals surface area (Å²) in [5.41, 5.74) is 0. The number of rotatable bonds is 42. The molecule has 21 aliphatic rings. The fourth-order valence-corrected chi connectivity index (χ4v) is 21.1. The average Bonchev–Trinajstić information content (AvgIpc) is 0.957. The molecule has 0 aromatic carbocycles. The lowest BCUT2D eigenvalue weighted by Crippen LogP contribution is -2.68. The molecule has 0 amide bonds. The Morgan fingerprint density at radius 2 is 0.286 bits per heavy atom. The molecule has 21 aliphatic heterocycles. The Balaban J connectivity index is 1.22. The minimum Gasteiger partial charge on any atom is -0.481 e. The Labute approximate surface area is 712 Å². The van der Waals surface area contributed by atoms with Crippen molar-refractivity contribution in [3.63, 3.8) is 0 Å². The summed E-state index contributed by atoms with van der Waals surface area (Å²) >= 11 is 7.45. The third kappa shape index (κ3) is 30.4. The van der Waals surface area contributed by atoms with Crippen LogP contribution in [0.5, 0.6) is 0 Å².